The Hall–Kier alpha value is -0.440. The number of rotatable bonds is 1. The summed E-state index contributed by atoms with van der Waals surface area (Å²) in [4.78, 5) is 8.95. The molecule has 0 N–H and O–H groups in total. The Labute approximate surface area is 91.4 Å². The molecule has 13 heavy (non-hydrogen) atoms. The lowest BCUT2D eigenvalue weighted by atomic mass is 10.4. The van der Waals surface area contributed by atoms with Gasteiger partial charge in [0, 0.05) is 0 Å². The smallest absolute Gasteiger partial charge is 0.292 e. The van der Waals surface area contributed by atoms with Crippen LogP contribution in [-0.4, -0.2) is 13.6 Å². The largest absolute Gasteiger partial charge is 0.471 e. The third kappa shape index (κ3) is 4.98. The van der Waals surface area contributed by atoms with E-state index in [9.17, 15) is 0 Å². The van der Waals surface area contributed by atoms with Crippen LogP contribution in [0.4, 0.5) is 0 Å². The molecule has 0 bridgehead atoms. The monoisotopic (exact) mass is 240 g/mol. The molecule has 0 aliphatic heterocycles. The van der Waals surface area contributed by atoms with Gasteiger partial charge in [0.15, 0.2) is 0 Å². The first-order valence-corrected chi connectivity index (χ1v) is 4.32. The molecule has 0 aliphatic carbocycles. The highest BCUT2D eigenvalue weighted by Crippen LogP contribution is 2.28. The minimum Gasteiger partial charge on any atom is -0.471 e. The lowest BCUT2D eigenvalue weighted by molar-refractivity contribution is -0.126. The molecular formula is C8H7Cl3O2. The summed E-state index contributed by atoms with van der Waals surface area (Å²) in [6.45, 7) is 0.375. The first-order chi connectivity index (χ1) is 6.13. The molecule has 1 rings (SSSR count). The summed E-state index contributed by atoms with van der Waals surface area (Å²) in [5.41, 5.74) is 0. The van der Waals surface area contributed by atoms with E-state index in [1.54, 1.807) is 18.2 Å². The second-order valence-electron chi connectivity index (χ2n) is 1.87. The van der Waals surface area contributed by atoms with Crippen LogP contribution in [-0.2, 0) is 9.53 Å². The van der Waals surface area contributed by atoms with Crippen molar-refractivity contribution in [3.05, 3.63) is 33.3 Å². The Kier molecular flexibility index (Phi) is 6.77. The predicted octanol–water partition coefficient (Wildman–Crippen LogP) is 3.44. The molecule has 0 amide bonds. The van der Waals surface area contributed by atoms with E-state index in [1.807, 2.05) is 0 Å². The number of hydrogen-bond acceptors (Lipinski definition) is 2. The number of methoxy groups -OCH3 is 1. The van der Waals surface area contributed by atoms with Crippen LogP contribution < -0.4 is 0 Å². The average Bonchev–Trinajstić information content (AvgIpc) is 2.14. The topological polar surface area (TPSA) is 26.3 Å². The SMILES string of the molecule is COC=O.Clc1cccc(Cl)c1Cl. The molecule has 0 atom stereocenters. The first kappa shape index (κ1) is 12.6. The molecule has 0 aromatic heterocycles. The molecule has 0 aliphatic rings. The Morgan fingerprint density at radius 3 is 1.85 bits per heavy atom. The minimum absolute atomic E-state index is 0.375. The molecule has 0 heterocycles. The fourth-order valence-corrected chi connectivity index (χ4v) is 1.00. The van der Waals surface area contributed by atoms with E-state index in [2.05, 4.69) is 4.74 Å². The summed E-state index contributed by atoms with van der Waals surface area (Å²) in [6.07, 6.45) is 0. The Balaban J connectivity index is 0.000000310. The van der Waals surface area contributed by atoms with E-state index in [0.717, 1.165) is 0 Å². The van der Waals surface area contributed by atoms with Gasteiger partial charge in [-0.2, -0.15) is 0 Å². The van der Waals surface area contributed by atoms with Crippen LogP contribution >= 0.6 is 34.8 Å². The molecule has 0 saturated heterocycles. The highest BCUT2D eigenvalue weighted by atomic mass is 35.5. The highest BCUT2D eigenvalue weighted by molar-refractivity contribution is 6.47. The highest BCUT2D eigenvalue weighted by Gasteiger charge is 1.98. The zero-order chi connectivity index (χ0) is 10.3. The lowest BCUT2D eigenvalue weighted by Crippen LogP contribution is -1.68. The van der Waals surface area contributed by atoms with E-state index in [0.29, 0.717) is 21.5 Å². The molecule has 0 fully saturated rings. The molecule has 0 radical (unpaired) electrons. The average molecular weight is 242 g/mol. The third-order valence-electron chi connectivity index (χ3n) is 1.00. The van der Waals surface area contributed by atoms with Crippen LogP contribution in [0.5, 0.6) is 0 Å². The van der Waals surface area contributed by atoms with Gasteiger partial charge < -0.3 is 4.74 Å². The Morgan fingerprint density at radius 2 is 1.62 bits per heavy atom. The fourth-order valence-electron chi connectivity index (χ4n) is 0.477. The molecule has 0 saturated carbocycles. The van der Waals surface area contributed by atoms with Gasteiger partial charge in [-0.05, 0) is 12.1 Å². The van der Waals surface area contributed by atoms with Crippen LogP contribution in [0.1, 0.15) is 0 Å². The maximum Gasteiger partial charge on any atom is 0.292 e. The summed E-state index contributed by atoms with van der Waals surface area (Å²) in [6, 6.07) is 5.13. The van der Waals surface area contributed by atoms with Gasteiger partial charge in [0.25, 0.3) is 6.47 Å². The van der Waals surface area contributed by atoms with E-state index >= 15 is 0 Å². The molecule has 1 aromatic carbocycles. The number of carbonyl (C=O) groups is 1. The zero-order valence-corrected chi connectivity index (χ0v) is 9.03. The molecule has 5 heteroatoms. The van der Waals surface area contributed by atoms with Crippen molar-refractivity contribution in [3.63, 3.8) is 0 Å². The number of benzene rings is 1. The van der Waals surface area contributed by atoms with Crippen molar-refractivity contribution in [2.24, 2.45) is 0 Å². The van der Waals surface area contributed by atoms with E-state index < -0.39 is 0 Å². The minimum atomic E-state index is 0.375. The van der Waals surface area contributed by atoms with Gasteiger partial charge >= 0.3 is 0 Å². The number of ether oxygens (including phenoxy) is 1. The van der Waals surface area contributed by atoms with Crippen LogP contribution in [0.3, 0.4) is 0 Å². The van der Waals surface area contributed by atoms with Gasteiger partial charge in [-0.1, -0.05) is 40.9 Å². The van der Waals surface area contributed by atoms with Crippen LogP contribution in [0.15, 0.2) is 18.2 Å². The summed E-state index contributed by atoms with van der Waals surface area (Å²) < 4.78 is 3.86. The summed E-state index contributed by atoms with van der Waals surface area (Å²) in [5, 5.41) is 1.40. The maximum atomic E-state index is 8.95. The van der Waals surface area contributed by atoms with Crippen LogP contribution in [0.25, 0.3) is 0 Å². The van der Waals surface area contributed by atoms with E-state index in [1.165, 1.54) is 7.11 Å². The van der Waals surface area contributed by atoms with Crippen LogP contribution in [0, 0.1) is 0 Å². The number of carbonyl (C=O) groups excluding carboxylic acids is 1. The van der Waals surface area contributed by atoms with Gasteiger partial charge in [-0.15, -0.1) is 0 Å². The van der Waals surface area contributed by atoms with E-state index in [4.69, 9.17) is 39.6 Å². The van der Waals surface area contributed by atoms with Crippen molar-refractivity contribution in [2.45, 2.75) is 0 Å². The van der Waals surface area contributed by atoms with Crippen molar-refractivity contribution in [1.82, 2.24) is 0 Å². The molecule has 2 nitrogen and oxygen atoms in total. The number of hydrogen-bond donors (Lipinski definition) is 0. The van der Waals surface area contributed by atoms with Gasteiger partial charge in [-0.25, -0.2) is 0 Å². The molecule has 1 aromatic rings. The van der Waals surface area contributed by atoms with Gasteiger partial charge in [0.2, 0.25) is 0 Å². The van der Waals surface area contributed by atoms with Crippen molar-refractivity contribution in [3.8, 4) is 0 Å². The number of halogens is 3. The van der Waals surface area contributed by atoms with Crippen molar-refractivity contribution in [2.75, 3.05) is 7.11 Å². The summed E-state index contributed by atoms with van der Waals surface area (Å²) >= 11 is 16.8. The quantitative estimate of drug-likeness (QED) is 0.556. The summed E-state index contributed by atoms with van der Waals surface area (Å²) in [7, 11) is 1.31. The molecule has 0 unspecified atom stereocenters. The predicted molar refractivity (Wildman–Crippen MR) is 54.5 cm³/mol. The van der Waals surface area contributed by atoms with Gasteiger partial charge in [0.05, 0.1) is 22.2 Å². The third-order valence-corrected chi connectivity index (χ3v) is 2.23. The second kappa shape index (κ2) is 7.01. The molecular weight excluding hydrogens is 234 g/mol. The van der Waals surface area contributed by atoms with Gasteiger partial charge in [-0.3, -0.25) is 4.79 Å². The normalized spacial score (nSPS) is 8.31. The van der Waals surface area contributed by atoms with Crippen molar-refractivity contribution < 1.29 is 9.53 Å². The summed E-state index contributed by atoms with van der Waals surface area (Å²) in [5.74, 6) is 0. The molecule has 72 valence electrons. The Bertz CT molecular complexity index is 256. The maximum absolute atomic E-state index is 8.95. The van der Waals surface area contributed by atoms with Crippen molar-refractivity contribution in [1.29, 1.82) is 0 Å². The van der Waals surface area contributed by atoms with Crippen molar-refractivity contribution >= 4 is 41.3 Å². The second-order valence-corrected chi connectivity index (χ2v) is 3.06. The first-order valence-electron chi connectivity index (χ1n) is 3.19. The molecule has 0 spiro atoms. The van der Waals surface area contributed by atoms with Gasteiger partial charge in [0.1, 0.15) is 0 Å². The standard InChI is InChI=1S/C6H3Cl3.C2H4O2/c7-4-2-1-3-5(8)6(4)9;1-4-2-3/h1-3H;2H,1H3. The zero-order valence-electron chi connectivity index (χ0n) is 6.76. The van der Waals surface area contributed by atoms with Crippen LogP contribution in [0.2, 0.25) is 15.1 Å². The lowest BCUT2D eigenvalue weighted by Gasteiger charge is -1.94. The van der Waals surface area contributed by atoms with E-state index in [-0.39, 0.29) is 0 Å². The fraction of sp³-hybridized carbons (Fsp3) is 0.125. The Morgan fingerprint density at radius 1 is 1.23 bits per heavy atom.